The van der Waals surface area contributed by atoms with E-state index in [-0.39, 0.29) is 5.41 Å². The Balaban J connectivity index is 1.69. The lowest BCUT2D eigenvalue weighted by atomic mass is 9.82. The summed E-state index contributed by atoms with van der Waals surface area (Å²) in [6.07, 6.45) is 3.63. The molecule has 2 aromatic heterocycles. The van der Waals surface area contributed by atoms with Crippen LogP contribution in [0, 0.1) is 0 Å². The van der Waals surface area contributed by atoms with Crippen molar-refractivity contribution in [1.82, 2.24) is 9.97 Å². The van der Waals surface area contributed by atoms with Crippen LogP contribution in [0.2, 0.25) is 0 Å². The maximum absolute atomic E-state index is 4.81. The molecule has 0 N–H and O–H groups in total. The van der Waals surface area contributed by atoms with Crippen LogP contribution in [0.1, 0.15) is 25.0 Å². The zero-order chi connectivity index (χ0) is 17.0. The minimum absolute atomic E-state index is 0.0142. The number of rotatable bonds is 1. The summed E-state index contributed by atoms with van der Waals surface area (Å²) in [4.78, 5) is 9.00. The average molecular weight is 322 g/mol. The molecule has 0 aliphatic heterocycles. The van der Waals surface area contributed by atoms with Gasteiger partial charge in [0.15, 0.2) is 0 Å². The number of benzene rings is 2. The Morgan fingerprint density at radius 1 is 0.800 bits per heavy atom. The maximum Gasteiger partial charge on any atom is 0.0892 e. The molecular formula is C23H18N2. The third-order valence-corrected chi connectivity index (χ3v) is 5.37. The molecule has 0 bridgehead atoms. The Kier molecular flexibility index (Phi) is 2.87. The fourth-order valence-electron chi connectivity index (χ4n) is 3.99. The van der Waals surface area contributed by atoms with Crippen LogP contribution in [0.3, 0.4) is 0 Å². The second kappa shape index (κ2) is 5.00. The van der Waals surface area contributed by atoms with E-state index in [1.807, 2.05) is 12.3 Å². The summed E-state index contributed by atoms with van der Waals surface area (Å²) in [5.41, 5.74) is 8.57. The van der Waals surface area contributed by atoms with Crippen molar-refractivity contribution in [3.8, 4) is 22.4 Å². The highest BCUT2D eigenvalue weighted by molar-refractivity contribution is 5.85. The van der Waals surface area contributed by atoms with Crippen LogP contribution in [-0.2, 0) is 5.41 Å². The molecule has 0 saturated heterocycles. The first kappa shape index (κ1) is 14.4. The summed E-state index contributed by atoms with van der Waals surface area (Å²) in [5.74, 6) is 0. The lowest BCUT2D eigenvalue weighted by molar-refractivity contribution is 0.660. The standard InChI is InChI=1S/C23H18N2/c1-23(2)19-6-4-3-5-17(19)18-9-7-16(13-20(18)23)21-10-8-15-11-12-24-14-22(15)25-21/h3-14H,1-2H3. The average Bonchev–Trinajstić information content (AvgIpc) is 2.89. The van der Waals surface area contributed by atoms with Gasteiger partial charge >= 0.3 is 0 Å². The van der Waals surface area contributed by atoms with Gasteiger partial charge in [-0.2, -0.15) is 0 Å². The zero-order valence-electron chi connectivity index (χ0n) is 14.3. The van der Waals surface area contributed by atoms with Gasteiger partial charge < -0.3 is 0 Å². The molecule has 2 nitrogen and oxygen atoms in total. The predicted octanol–water partition coefficient (Wildman–Crippen LogP) is 5.60. The summed E-state index contributed by atoms with van der Waals surface area (Å²) in [6.45, 7) is 4.61. The molecule has 2 aromatic carbocycles. The van der Waals surface area contributed by atoms with Crippen LogP contribution in [0.4, 0.5) is 0 Å². The second-order valence-corrected chi connectivity index (χ2v) is 7.20. The predicted molar refractivity (Wildman–Crippen MR) is 103 cm³/mol. The van der Waals surface area contributed by atoms with Crippen molar-refractivity contribution in [3.05, 3.63) is 84.2 Å². The Labute approximate surface area is 147 Å². The molecule has 0 amide bonds. The first-order valence-corrected chi connectivity index (χ1v) is 8.60. The van der Waals surface area contributed by atoms with Crippen molar-refractivity contribution in [3.63, 3.8) is 0 Å². The highest BCUT2D eigenvalue weighted by Gasteiger charge is 2.35. The Bertz CT molecular complexity index is 1130. The van der Waals surface area contributed by atoms with Gasteiger partial charge in [0.2, 0.25) is 0 Å². The smallest absolute Gasteiger partial charge is 0.0892 e. The van der Waals surface area contributed by atoms with E-state index in [0.29, 0.717) is 0 Å². The molecule has 0 unspecified atom stereocenters. The molecule has 0 radical (unpaired) electrons. The molecule has 25 heavy (non-hydrogen) atoms. The van der Waals surface area contributed by atoms with Gasteiger partial charge in [-0.3, -0.25) is 4.98 Å². The molecule has 0 saturated carbocycles. The van der Waals surface area contributed by atoms with Crippen molar-refractivity contribution in [2.75, 3.05) is 0 Å². The lowest BCUT2D eigenvalue weighted by Crippen LogP contribution is -2.14. The van der Waals surface area contributed by atoms with Crippen LogP contribution in [0.25, 0.3) is 33.3 Å². The van der Waals surface area contributed by atoms with Gasteiger partial charge in [0.05, 0.1) is 17.4 Å². The third-order valence-electron chi connectivity index (χ3n) is 5.37. The fourth-order valence-corrected chi connectivity index (χ4v) is 3.99. The monoisotopic (exact) mass is 322 g/mol. The minimum Gasteiger partial charge on any atom is -0.262 e. The van der Waals surface area contributed by atoms with Crippen molar-refractivity contribution >= 4 is 10.9 Å². The van der Waals surface area contributed by atoms with E-state index in [1.54, 1.807) is 6.20 Å². The Hall–Kier alpha value is -3.00. The molecule has 2 heterocycles. The highest BCUT2D eigenvalue weighted by atomic mass is 14.7. The molecular weight excluding hydrogens is 304 g/mol. The van der Waals surface area contributed by atoms with E-state index in [9.17, 15) is 0 Å². The summed E-state index contributed by atoms with van der Waals surface area (Å²) in [5, 5.41) is 1.12. The van der Waals surface area contributed by atoms with Crippen LogP contribution in [0.15, 0.2) is 73.1 Å². The molecule has 1 aliphatic rings. The molecule has 1 aliphatic carbocycles. The molecule has 0 spiro atoms. The third kappa shape index (κ3) is 2.04. The van der Waals surface area contributed by atoms with E-state index in [0.717, 1.165) is 22.2 Å². The van der Waals surface area contributed by atoms with E-state index < -0.39 is 0 Å². The van der Waals surface area contributed by atoms with E-state index in [4.69, 9.17) is 4.98 Å². The summed E-state index contributed by atoms with van der Waals surface area (Å²) >= 11 is 0. The van der Waals surface area contributed by atoms with E-state index in [2.05, 4.69) is 73.4 Å². The van der Waals surface area contributed by atoms with Crippen molar-refractivity contribution in [2.45, 2.75) is 19.3 Å². The van der Waals surface area contributed by atoms with Gasteiger partial charge in [-0.05, 0) is 40.5 Å². The van der Waals surface area contributed by atoms with Crippen molar-refractivity contribution in [1.29, 1.82) is 0 Å². The lowest BCUT2D eigenvalue weighted by Gasteiger charge is -2.21. The minimum atomic E-state index is 0.0142. The Morgan fingerprint density at radius 3 is 2.56 bits per heavy atom. The molecule has 4 aromatic rings. The van der Waals surface area contributed by atoms with E-state index >= 15 is 0 Å². The first-order valence-electron chi connectivity index (χ1n) is 8.60. The largest absolute Gasteiger partial charge is 0.262 e. The highest BCUT2D eigenvalue weighted by Crippen LogP contribution is 2.49. The second-order valence-electron chi connectivity index (χ2n) is 7.20. The number of nitrogens with zero attached hydrogens (tertiary/aromatic N) is 2. The van der Waals surface area contributed by atoms with Crippen LogP contribution in [0.5, 0.6) is 0 Å². The quantitative estimate of drug-likeness (QED) is 0.455. The molecule has 120 valence electrons. The first-order chi connectivity index (χ1) is 12.1. The van der Waals surface area contributed by atoms with E-state index in [1.165, 1.54) is 22.3 Å². The number of fused-ring (bicyclic) bond motifs is 4. The van der Waals surface area contributed by atoms with Gasteiger partial charge in [-0.1, -0.05) is 56.3 Å². The molecule has 2 heteroatoms. The van der Waals surface area contributed by atoms with Gasteiger partial charge in [-0.25, -0.2) is 4.98 Å². The van der Waals surface area contributed by atoms with Crippen LogP contribution >= 0.6 is 0 Å². The van der Waals surface area contributed by atoms with Gasteiger partial charge in [0, 0.05) is 22.6 Å². The maximum atomic E-state index is 4.81. The van der Waals surface area contributed by atoms with Gasteiger partial charge in [0.1, 0.15) is 0 Å². The number of pyridine rings is 2. The fraction of sp³-hybridized carbons (Fsp3) is 0.130. The molecule has 0 fully saturated rings. The summed E-state index contributed by atoms with van der Waals surface area (Å²) < 4.78 is 0. The van der Waals surface area contributed by atoms with Gasteiger partial charge in [0.25, 0.3) is 0 Å². The molecule has 0 atom stereocenters. The number of hydrogen-bond donors (Lipinski definition) is 0. The van der Waals surface area contributed by atoms with Crippen LogP contribution in [-0.4, -0.2) is 9.97 Å². The van der Waals surface area contributed by atoms with Crippen LogP contribution < -0.4 is 0 Å². The van der Waals surface area contributed by atoms with Gasteiger partial charge in [-0.15, -0.1) is 0 Å². The number of hydrogen-bond acceptors (Lipinski definition) is 2. The summed E-state index contributed by atoms with van der Waals surface area (Å²) in [7, 11) is 0. The normalized spacial score (nSPS) is 14.3. The zero-order valence-corrected chi connectivity index (χ0v) is 14.3. The Morgan fingerprint density at radius 2 is 1.64 bits per heavy atom. The SMILES string of the molecule is CC1(C)c2ccccc2-c2ccc(-c3ccc4ccncc4n3)cc21. The number of aromatic nitrogens is 2. The van der Waals surface area contributed by atoms with Crippen molar-refractivity contribution in [2.24, 2.45) is 0 Å². The van der Waals surface area contributed by atoms with Crippen molar-refractivity contribution < 1.29 is 0 Å². The topological polar surface area (TPSA) is 25.8 Å². The summed E-state index contributed by atoms with van der Waals surface area (Å²) in [6, 6.07) is 21.7. The molecule has 5 rings (SSSR count).